The normalized spacial score (nSPS) is 10.7. The molecule has 0 bridgehead atoms. The molecule has 0 fully saturated rings. The molecule has 1 amide bonds. The Morgan fingerprint density at radius 1 is 1.27 bits per heavy atom. The summed E-state index contributed by atoms with van der Waals surface area (Å²) in [5.74, 6) is -1.23. The summed E-state index contributed by atoms with van der Waals surface area (Å²) < 4.78 is 20.5. The summed E-state index contributed by atoms with van der Waals surface area (Å²) in [4.78, 5) is 22.1. The maximum absolute atomic E-state index is 15.0. The molecule has 0 unspecified atom stereocenters. The number of carbonyl (C=O) groups is 1. The number of aromatic amines is 2. The molecule has 2 aromatic heterocycles. The number of imidazole rings is 1. The van der Waals surface area contributed by atoms with Gasteiger partial charge in [-0.1, -0.05) is 29.3 Å². The van der Waals surface area contributed by atoms with E-state index in [4.69, 9.17) is 33.2 Å². The zero-order chi connectivity index (χ0) is 21.3. The molecule has 7 nitrogen and oxygen atoms in total. The quantitative estimate of drug-likeness (QED) is 0.406. The molecule has 3 N–H and O–H groups in total. The second kappa shape index (κ2) is 8.06. The molecule has 2 aromatic carbocycles. The largest absolute Gasteiger partial charge is 0.453 e. The minimum atomic E-state index is -0.735. The van der Waals surface area contributed by atoms with Crippen LogP contribution in [0.5, 0.6) is 11.5 Å². The smallest absolute Gasteiger partial charge is 0.268 e. The number of H-pyrrole nitrogens is 2. The first-order valence-electron chi connectivity index (χ1n) is 8.60. The van der Waals surface area contributed by atoms with Gasteiger partial charge in [-0.25, -0.2) is 9.37 Å². The third-order valence-electron chi connectivity index (χ3n) is 4.24. The SMILES string of the molecule is N#Cc1cc(Cl)cc(Oc2c(Cl)ccc(CNC(=O)c3cc4[nH]cnc4[nH]3)c2F)c1. The summed E-state index contributed by atoms with van der Waals surface area (Å²) in [6.45, 7) is -0.0996. The maximum atomic E-state index is 15.0. The van der Waals surface area contributed by atoms with Crippen molar-refractivity contribution in [2.45, 2.75) is 6.54 Å². The van der Waals surface area contributed by atoms with Crippen LogP contribution in [-0.2, 0) is 6.54 Å². The molecule has 0 saturated carbocycles. The van der Waals surface area contributed by atoms with E-state index in [1.807, 2.05) is 6.07 Å². The van der Waals surface area contributed by atoms with Gasteiger partial charge in [0, 0.05) is 17.1 Å². The van der Waals surface area contributed by atoms with Crippen molar-refractivity contribution in [1.29, 1.82) is 5.26 Å². The van der Waals surface area contributed by atoms with Gasteiger partial charge in [0.25, 0.3) is 5.91 Å². The van der Waals surface area contributed by atoms with Crippen LogP contribution in [0.25, 0.3) is 11.2 Å². The van der Waals surface area contributed by atoms with Crippen molar-refractivity contribution >= 4 is 40.3 Å². The molecule has 150 valence electrons. The van der Waals surface area contributed by atoms with Crippen LogP contribution in [0.2, 0.25) is 10.0 Å². The second-order valence-electron chi connectivity index (χ2n) is 6.27. The first-order chi connectivity index (χ1) is 14.4. The van der Waals surface area contributed by atoms with Gasteiger partial charge in [0.1, 0.15) is 11.4 Å². The van der Waals surface area contributed by atoms with Crippen LogP contribution >= 0.6 is 23.2 Å². The zero-order valence-corrected chi connectivity index (χ0v) is 16.6. The topological polar surface area (TPSA) is 107 Å². The highest BCUT2D eigenvalue weighted by Crippen LogP contribution is 2.35. The minimum absolute atomic E-state index is 0.0331. The fourth-order valence-electron chi connectivity index (χ4n) is 2.82. The molecule has 0 radical (unpaired) electrons. The number of benzene rings is 2. The molecule has 0 aliphatic carbocycles. The van der Waals surface area contributed by atoms with Gasteiger partial charge >= 0.3 is 0 Å². The standard InChI is InChI=1S/C20H12Cl2FN5O2/c21-12-3-10(7-24)4-13(5-12)30-18-14(22)2-1-11(17(18)23)8-25-20(29)16-6-15-19(28-16)27-9-26-15/h1-6,9,28H,8H2,(H,25,29)(H,26,27). The van der Waals surface area contributed by atoms with Crippen molar-refractivity contribution in [3.05, 3.63) is 75.4 Å². The van der Waals surface area contributed by atoms with Gasteiger partial charge < -0.3 is 20.0 Å². The summed E-state index contributed by atoms with van der Waals surface area (Å²) in [6, 6.07) is 10.8. The van der Waals surface area contributed by atoms with Gasteiger partial charge in [0.05, 0.1) is 28.5 Å². The van der Waals surface area contributed by atoms with Gasteiger partial charge in [0.15, 0.2) is 17.2 Å². The minimum Gasteiger partial charge on any atom is -0.453 e. The first-order valence-corrected chi connectivity index (χ1v) is 9.36. The van der Waals surface area contributed by atoms with Crippen LogP contribution in [0.4, 0.5) is 4.39 Å². The van der Waals surface area contributed by atoms with E-state index in [1.54, 1.807) is 6.07 Å². The lowest BCUT2D eigenvalue weighted by Crippen LogP contribution is -2.23. The van der Waals surface area contributed by atoms with E-state index < -0.39 is 11.7 Å². The van der Waals surface area contributed by atoms with Gasteiger partial charge in [-0.2, -0.15) is 5.26 Å². The highest BCUT2D eigenvalue weighted by Gasteiger charge is 2.17. The number of rotatable bonds is 5. The van der Waals surface area contributed by atoms with E-state index >= 15 is 0 Å². The molecule has 0 saturated heterocycles. The lowest BCUT2D eigenvalue weighted by Gasteiger charge is -2.13. The Kier molecular flexibility index (Phi) is 5.31. The van der Waals surface area contributed by atoms with Gasteiger partial charge in [0.2, 0.25) is 0 Å². The monoisotopic (exact) mass is 443 g/mol. The Morgan fingerprint density at radius 2 is 2.10 bits per heavy atom. The average Bonchev–Trinajstić information content (AvgIpc) is 3.32. The number of nitrogens with zero attached hydrogens (tertiary/aromatic N) is 2. The van der Waals surface area contributed by atoms with Crippen LogP contribution in [-0.4, -0.2) is 20.9 Å². The molecular weight excluding hydrogens is 432 g/mol. The summed E-state index contributed by atoms with van der Waals surface area (Å²) in [5.41, 5.74) is 1.95. The second-order valence-corrected chi connectivity index (χ2v) is 7.11. The fraction of sp³-hybridized carbons (Fsp3) is 0.0500. The summed E-state index contributed by atoms with van der Waals surface area (Å²) in [7, 11) is 0. The van der Waals surface area contributed by atoms with E-state index in [0.29, 0.717) is 11.2 Å². The van der Waals surface area contributed by atoms with Crippen molar-refractivity contribution in [1.82, 2.24) is 20.3 Å². The number of amides is 1. The molecule has 2 heterocycles. The zero-order valence-electron chi connectivity index (χ0n) is 15.1. The van der Waals surface area contributed by atoms with Crippen LogP contribution in [0.1, 0.15) is 21.6 Å². The van der Waals surface area contributed by atoms with Gasteiger partial charge in [-0.05, 0) is 30.3 Å². The summed E-state index contributed by atoms with van der Waals surface area (Å²) >= 11 is 12.0. The lowest BCUT2D eigenvalue weighted by molar-refractivity contribution is 0.0946. The molecule has 0 spiro atoms. The third-order valence-corrected chi connectivity index (χ3v) is 4.76. The van der Waals surface area contributed by atoms with Crippen molar-refractivity contribution in [3.8, 4) is 17.6 Å². The number of fused-ring (bicyclic) bond motifs is 1. The van der Waals surface area contributed by atoms with Crippen molar-refractivity contribution in [2.75, 3.05) is 0 Å². The number of carbonyl (C=O) groups excluding carboxylic acids is 1. The fourth-order valence-corrected chi connectivity index (χ4v) is 3.23. The molecule has 4 rings (SSSR count). The molecule has 30 heavy (non-hydrogen) atoms. The number of halogens is 3. The molecule has 0 aliphatic rings. The number of aromatic nitrogens is 3. The molecule has 0 atom stereocenters. The van der Waals surface area contributed by atoms with E-state index in [1.165, 1.54) is 36.7 Å². The maximum Gasteiger partial charge on any atom is 0.268 e. The van der Waals surface area contributed by atoms with Gasteiger partial charge in [-0.3, -0.25) is 4.79 Å². The molecule has 10 heteroatoms. The van der Waals surface area contributed by atoms with E-state index in [2.05, 4.69) is 20.3 Å². The Morgan fingerprint density at radius 3 is 2.87 bits per heavy atom. The highest BCUT2D eigenvalue weighted by molar-refractivity contribution is 6.32. The van der Waals surface area contributed by atoms with Gasteiger partial charge in [-0.15, -0.1) is 0 Å². The van der Waals surface area contributed by atoms with E-state index in [-0.39, 0.29) is 44.9 Å². The van der Waals surface area contributed by atoms with E-state index in [9.17, 15) is 9.18 Å². The number of nitrogens with one attached hydrogen (secondary N) is 3. The number of hydrogen-bond donors (Lipinski definition) is 3. The Labute approximate surface area is 179 Å². The average molecular weight is 444 g/mol. The predicted octanol–water partition coefficient (Wildman–Crippen LogP) is 4.93. The number of hydrogen-bond acceptors (Lipinski definition) is 4. The molecular formula is C20H12Cl2FN5O2. The van der Waals surface area contributed by atoms with Crippen LogP contribution in [0, 0.1) is 17.1 Å². The first kappa shape index (κ1) is 19.8. The third kappa shape index (κ3) is 3.94. The highest BCUT2D eigenvalue weighted by atomic mass is 35.5. The Hall–Kier alpha value is -3.54. The van der Waals surface area contributed by atoms with Crippen LogP contribution < -0.4 is 10.1 Å². The number of ether oxygens (including phenoxy) is 1. The Bertz CT molecular complexity index is 1280. The van der Waals surface area contributed by atoms with Crippen molar-refractivity contribution < 1.29 is 13.9 Å². The van der Waals surface area contributed by atoms with Crippen molar-refractivity contribution in [3.63, 3.8) is 0 Å². The van der Waals surface area contributed by atoms with Crippen LogP contribution in [0.3, 0.4) is 0 Å². The molecule has 4 aromatic rings. The Balaban J connectivity index is 1.53. The number of nitriles is 1. The lowest BCUT2D eigenvalue weighted by atomic mass is 10.2. The summed E-state index contributed by atoms with van der Waals surface area (Å²) in [5, 5.41) is 12.0. The van der Waals surface area contributed by atoms with Crippen LogP contribution in [0.15, 0.2) is 42.7 Å². The van der Waals surface area contributed by atoms with Crippen molar-refractivity contribution in [2.24, 2.45) is 0 Å². The van der Waals surface area contributed by atoms with E-state index in [0.717, 1.165) is 0 Å². The predicted molar refractivity (Wildman–Crippen MR) is 109 cm³/mol. The summed E-state index contributed by atoms with van der Waals surface area (Å²) in [6.07, 6.45) is 1.51. The molecule has 0 aliphatic heterocycles.